The lowest BCUT2D eigenvalue weighted by atomic mass is 10.1. The first-order chi connectivity index (χ1) is 13.2. The maximum atomic E-state index is 12.3. The molecule has 2 unspecified atom stereocenters. The largest absolute Gasteiger partial charge is 0.459 e. The normalized spacial score (nSPS) is 21.4. The van der Waals surface area contributed by atoms with Crippen molar-refractivity contribution in [3.8, 4) is 0 Å². The first kappa shape index (κ1) is 18.8. The van der Waals surface area contributed by atoms with E-state index in [4.69, 9.17) is 18.9 Å². The van der Waals surface area contributed by atoms with Crippen LogP contribution in [0.4, 0.5) is 0 Å². The summed E-state index contributed by atoms with van der Waals surface area (Å²) in [5.74, 6) is -0.958. The zero-order chi connectivity index (χ0) is 19.1. The number of methoxy groups -OCH3 is 1. The van der Waals surface area contributed by atoms with E-state index in [0.29, 0.717) is 11.1 Å². The van der Waals surface area contributed by atoms with Crippen LogP contribution in [0.25, 0.3) is 0 Å². The van der Waals surface area contributed by atoms with Gasteiger partial charge in [0.05, 0.1) is 11.1 Å². The molecule has 0 aromatic heterocycles. The number of rotatable bonds is 6. The van der Waals surface area contributed by atoms with Crippen molar-refractivity contribution in [2.45, 2.75) is 18.5 Å². The van der Waals surface area contributed by atoms with Crippen molar-refractivity contribution < 1.29 is 28.5 Å². The van der Waals surface area contributed by atoms with Gasteiger partial charge in [-0.15, -0.1) is 0 Å². The van der Waals surface area contributed by atoms with E-state index in [2.05, 4.69) is 0 Å². The Labute approximate surface area is 157 Å². The van der Waals surface area contributed by atoms with Crippen molar-refractivity contribution in [2.24, 2.45) is 0 Å². The molecule has 1 aliphatic rings. The fraction of sp³-hybridized carbons (Fsp3) is 0.238. The zero-order valence-electron chi connectivity index (χ0n) is 14.8. The molecule has 0 amide bonds. The molecular formula is C21H20O6. The van der Waals surface area contributed by atoms with Gasteiger partial charge in [-0.3, -0.25) is 0 Å². The number of hydrogen-bond donors (Lipinski definition) is 0. The molecule has 0 saturated heterocycles. The van der Waals surface area contributed by atoms with Crippen LogP contribution < -0.4 is 0 Å². The van der Waals surface area contributed by atoms with Gasteiger partial charge < -0.3 is 18.9 Å². The summed E-state index contributed by atoms with van der Waals surface area (Å²) in [7, 11) is 1.50. The molecule has 0 spiro atoms. The van der Waals surface area contributed by atoms with Crippen molar-refractivity contribution in [3.63, 3.8) is 0 Å². The van der Waals surface area contributed by atoms with E-state index >= 15 is 0 Å². The van der Waals surface area contributed by atoms with Crippen LogP contribution in [0.3, 0.4) is 0 Å². The van der Waals surface area contributed by atoms with Gasteiger partial charge in [0.2, 0.25) is 0 Å². The van der Waals surface area contributed by atoms with Crippen LogP contribution in [0.15, 0.2) is 72.8 Å². The van der Waals surface area contributed by atoms with Crippen LogP contribution in [0.5, 0.6) is 0 Å². The van der Waals surface area contributed by atoms with Crippen molar-refractivity contribution >= 4 is 11.9 Å². The smallest absolute Gasteiger partial charge is 0.338 e. The molecule has 6 nitrogen and oxygen atoms in total. The summed E-state index contributed by atoms with van der Waals surface area (Å²) in [5, 5.41) is 0. The number of ether oxygens (including phenoxy) is 4. The van der Waals surface area contributed by atoms with Gasteiger partial charge in [0.15, 0.2) is 12.4 Å². The van der Waals surface area contributed by atoms with Gasteiger partial charge in [-0.2, -0.15) is 0 Å². The summed E-state index contributed by atoms with van der Waals surface area (Å²) < 4.78 is 21.7. The average Bonchev–Trinajstić information content (AvgIpc) is 2.74. The van der Waals surface area contributed by atoms with Crippen LogP contribution in [-0.4, -0.2) is 44.2 Å². The lowest BCUT2D eigenvalue weighted by Gasteiger charge is -2.31. The Bertz CT molecular complexity index is 787. The Morgan fingerprint density at radius 1 is 0.889 bits per heavy atom. The number of carbonyl (C=O) groups excluding carboxylic acids is 2. The van der Waals surface area contributed by atoms with Gasteiger partial charge in [-0.25, -0.2) is 9.59 Å². The Morgan fingerprint density at radius 3 is 2.07 bits per heavy atom. The van der Waals surface area contributed by atoms with E-state index < -0.39 is 30.4 Å². The fourth-order valence-electron chi connectivity index (χ4n) is 2.58. The van der Waals surface area contributed by atoms with Crippen molar-refractivity contribution in [1.29, 1.82) is 0 Å². The van der Waals surface area contributed by atoms with Crippen LogP contribution in [0.1, 0.15) is 20.7 Å². The molecule has 0 fully saturated rings. The highest BCUT2D eigenvalue weighted by Gasteiger charge is 2.31. The van der Waals surface area contributed by atoms with Gasteiger partial charge in [0, 0.05) is 7.11 Å². The van der Waals surface area contributed by atoms with Crippen molar-refractivity contribution in [2.75, 3.05) is 13.7 Å². The number of hydrogen-bond acceptors (Lipinski definition) is 6. The van der Waals surface area contributed by atoms with Crippen LogP contribution in [0.2, 0.25) is 0 Å². The molecule has 0 bridgehead atoms. The van der Waals surface area contributed by atoms with E-state index in [0.717, 1.165) is 0 Å². The number of carbonyl (C=O) groups is 2. The lowest BCUT2D eigenvalue weighted by molar-refractivity contribution is -0.169. The molecule has 0 saturated carbocycles. The highest BCUT2D eigenvalue weighted by Crippen LogP contribution is 2.19. The Hall–Kier alpha value is -2.96. The topological polar surface area (TPSA) is 71.1 Å². The second-order valence-corrected chi connectivity index (χ2v) is 5.86. The summed E-state index contributed by atoms with van der Waals surface area (Å²) in [6.07, 6.45) is 1.35. The predicted octanol–water partition coefficient (Wildman–Crippen LogP) is 3.00. The van der Waals surface area contributed by atoms with Crippen LogP contribution >= 0.6 is 0 Å². The molecule has 27 heavy (non-hydrogen) atoms. The monoisotopic (exact) mass is 368 g/mol. The Morgan fingerprint density at radius 2 is 1.48 bits per heavy atom. The standard InChI is InChI=1S/C21H20O6/c1-24-19-13-12-17(27-21(23)16-10-6-3-7-11-16)18(26-19)14-25-20(22)15-8-4-2-5-9-15/h2-13,17-19H,14H2,1H3/t17-,18?,19?/m0/s1. The van der Waals surface area contributed by atoms with Crippen LogP contribution in [0, 0.1) is 0 Å². The second kappa shape index (κ2) is 9.12. The van der Waals surface area contributed by atoms with Gasteiger partial charge in [-0.05, 0) is 36.4 Å². The average molecular weight is 368 g/mol. The maximum Gasteiger partial charge on any atom is 0.338 e. The summed E-state index contributed by atoms with van der Waals surface area (Å²) in [6, 6.07) is 17.3. The van der Waals surface area contributed by atoms with Gasteiger partial charge in [-0.1, -0.05) is 36.4 Å². The van der Waals surface area contributed by atoms with Crippen LogP contribution in [-0.2, 0) is 18.9 Å². The molecule has 1 aliphatic heterocycles. The minimum atomic E-state index is -0.701. The maximum absolute atomic E-state index is 12.3. The quantitative estimate of drug-likeness (QED) is 0.577. The molecule has 6 heteroatoms. The van der Waals surface area contributed by atoms with E-state index in [-0.39, 0.29) is 6.61 Å². The minimum Gasteiger partial charge on any atom is -0.459 e. The fourth-order valence-corrected chi connectivity index (χ4v) is 2.58. The third kappa shape index (κ3) is 5.03. The van der Waals surface area contributed by atoms with E-state index in [1.807, 2.05) is 12.1 Å². The molecule has 1 heterocycles. The predicted molar refractivity (Wildman–Crippen MR) is 97.2 cm³/mol. The molecular weight excluding hydrogens is 348 g/mol. The summed E-state index contributed by atoms with van der Waals surface area (Å²) in [4.78, 5) is 24.5. The van der Waals surface area contributed by atoms with E-state index in [1.54, 1.807) is 60.7 Å². The summed E-state index contributed by atoms with van der Waals surface area (Å²) >= 11 is 0. The molecule has 0 aliphatic carbocycles. The Balaban J connectivity index is 1.65. The lowest BCUT2D eigenvalue weighted by Crippen LogP contribution is -2.42. The van der Waals surface area contributed by atoms with E-state index in [1.165, 1.54) is 7.11 Å². The first-order valence-electron chi connectivity index (χ1n) is 8.52. The zero-order valence-corrected chi connectivity index (χ0v) is 14.8. The molecule has 140 valence electrons. The Kier molecular flexibility index (Phi) is 6.35. The molecule has 3 rings (SSSR count). The highest BCUT2D eigenvalue weighted by atomic mass is 16.7. The molecule has 3 atom stereocenters. The first-order valence-corrected chi connectivity index (χ1v) is 8.52. The highest BCUT2D eigenvalue weighted by molar-refractivity contribution is 5.90. The van der Waals surface area contributed by atoms with Gasteiger partial charge in [0.1, 0.15) is 12.7 Å². The third-order valence-electron chi connectivity index (χ3n) is 4.01. The number of esters is 2. The third-order valence-corrected chi connectivity index (χ3v) is 4.01. The second-order valence-electron chi connectivity index (χ2n) is 5.86. The van der Waals surface area contributed by atoms with E-state index in [9.17, 15) is 9.59 Å². The minimum absolute atomic E-state index is 0.0787. The van der Waals surface area contributed by atoms with Gasteiger partial charge >= 0.3 is 11.9 Å². The molecule has 0 radical (unpaired) electrons. The SMILES string of the molecule is COC1C=C[C@H](OC(=O)c2ccccc2)C(COC(=O)c2ccccc2)O1. The number of benzene rings is 2. The summed E-state index contributed by atoms with van der Waals surface area (Å²) in [5.41, 5.74) is 0.866. The van der Waals surface area contributed by atoms with Gasteiger partial charge in [0.25, 0.3) is 0 Å². The molecule has 0 N–H and O–H groups in total. The molecule has 2 aromatic rings. The summed E-state index contributed by atoms with van der Waals surface area (Å²) in [6.45, 7) is -0.0787. The van der Waals surface area contributed by atoms with Crippen molar-refractivity contribution in [1.82, 2.24) is 0 Å². The van der Waals surface area contributed by atoms with Crippen molar-refractivity contribution in [3.05, 3.63) is 83.9 Å². The molecule has 2 aromatic carbocycles.